The first-order valence-corrected chi connectivity index (χ1v) is 16.5. The minimum Gasteiger partial charge on any atom is -0.307 e. The third-order valence-electron chi connectivity index (χ3n) is 9.62. The minimum atomic E-state index is 0.603. The fraction of sp³-hybridized carbons (Fsp3) is 0.0465. The van der Waals surface area contributed by atoms with E-state index in [2.05, 4.69) is 124 Å². The Morgan fingerprint density at radius 2 is 1.00 bits per heavy atom. The standard InChI is InChI=1S/C43H29N5/c1-4-16-28(17-5-1)41-44-42(29-18-6-2-7-19-29)46-43(45-41)48-36-27-15-13-25-34(36)38-32-23-11-10-22-31(32)37-33-24-12-14-26-35(33)47(39(37)40(38)48)30-20-8-3-9-21-30/h1-10,12-22,24-27H,11,23H2. The molecule has 0 saturated carbocycles. The first-order chi connectivity index (χ1) is 23.8. The molecule has 0 bridgehead atoms. The molecular weight excluding hydrogens is 587 g/mol. The van der Waals surface area contributed by atoms with Gasteiger partial charge in [-0.2, -0.15) is 9.97 Å². The lowest BCUT2D eigenvalue weighted by molar-refractivity contribution is 0.952. The number of nitrogens with zero attached hydrogens (tertiary/aromatic N) is 5. The molecule has 0 fully saturated rings. The van der Waals surface area contributed by atoms with E-state index in [0.717, 1.165) is 46.2 Å². The Morgan fingerprint density at radius 3 is 1.65 bits per heavy atom. The predicted octanol–water partition coefficient (Wildman–Crippen LogP) is 10.4. The van der Waals surface area contributed by atoms with Gasteiger partial charge in [-0.25, -0.2) is 4.98 Å². The van der Waals surface area contributed by atoms with Gasteiger partial charge in [0.2, 0.25) is 5.95 Å². The van der Waals surface area contributed by atoms with E-state index in [1.54, 1.807) is 0 Å². The van der Waals surface area contributed by atoms with Crippen LogP contribution in [0.2, 0.25) is 0 Å². The van der Waals surface area contributed by atoms with E-state index in [1.807, 2.05) is 36.4 Å². The number of benzene rings is 6. The van der Waals surface area contributed by atoms with Crippen LogP contribution in [-0.2, 0) is 6.42 Å². The van der Waals surface area contributed by atoms with Gasteiger partial charge in [-0.3, -0.25) is 4.57 Å². The van der Waals surface area contributed by atoms with Crippen LogP contribution in [0, 0.1) is 0 Å². The lowest BCUT2D eigenvalue weighted by Gasteiger charge is -2.17. The van der Waals surface area contributed by atoms with Crippen molar-refractivity contribution in [2.24, 2.45) is 0 Å². The van der Waals surface area contributed by atoms with Crippen LogP contribution in [0.15, 0.2) is 146 Å². The molecule has 0 amide bonds. The molecule has 9 aromatic rings. The third kappa shape index (κ3) is 3.94. The highest BCUT2D eigenvalue weighted by molar-refractivity contribution is 6.27. The number of aryl methyl sites for hydroxylation is 1. The van der Waals surface area contributed by atoms with Gasteiger partial charge in [0, 0.05) is 38.4 Å². The topological polar surface area (TPSA) is 48.5 Å². The van der Waals surface area contributed by atoms with Crippen molar-refractivity contribution in [3.8, 4) is 34.4 Å². The van der Waals surface area contributed by atoms with Crippen LogP contribution in [-0.4, -0.2) is 24.1 Å². The molecule has 6 aromatic carbocycles. The molecule has 0 spiro atoms. The van der Waals surface area contributed by atoms with Crippen LogP contribution >= 0.6 is 0 Å². The number of para-hydroxylation sites is 3. The van der Waals surface area contributed by atoms with Crippen molar-refractivity contribution in [2.45, 2.75) is 12.8 Å². The maximum Gasteiger partial charge on any atom is 0.238 e. The van der Waals surface area contributed by atoms with Gasteiger partial charge in [0.25, 0.3) is 0 Å². The Balaban J connectivity index is 1.45. The Kier molecular flexibility index (Phi) is 5.93. The van der Waals surface area contributed by atoms with E-state index < -0.39 is 0 Å². The molecular formula is C43H29N5. The van der Waals surface area contributed by atoms with Gasteiger partial charge in [-0.1, -0.05) is 127 Å². The van der Waals surface area contributed by atoms with E-state index in [9.17, 15) is 0 Å². The summed E-state index contributed by atoms with van der Waals surface area (Å²) in [5.74, 6) is 1.89. The van der Waals surface area contributed by atoms with Crippen molar-refractivity contribution >= 4 is 49.7 Å². The summed E-state index contributed by atoms with van der Waals surface area (Å²) in [6.45, 7) is 0. The Bertz CT molecular complexity index is 2650. The van der Waals surface area contributed by atoms with Crippen LogP contribution in [0.25, 0.3) is 84.1 Å². The SMILES string of the molecule is C1=Cc2c(c3c4ccccc4n(-c4nc(-c5ccccc5)nc(-c5ccccc5)n4)c3c3c2c2ccccc2n3-c2ccccc2)CC1. The first-order valence-electron chi connectivity index (χ1n) is 16.5. The van der Waals surface area contributed by atoms with Crippen molar-refractivity contribution < 1.29 is 0 Å². The Morgan fingerprint density at radius 1 is 0.479 bits per heavy atom. The molecule has 3 heterocycles. The van der Waals surface area contributed by atoms with Crippen LogP contribution in [0.5, 0.6) is 0 Å². The van der Waals surface area contributed by atoms with Crippen molar-refractivity contribution in [3.05, 3.63) is 157 Å². The Hall–Kier alpha value is -6.33. The van der Waals surface area contributed by atoms with E-state index >= 15 is 0 Å². The van der Waals surface area contributed by atoms with Gasteiger partial charge < -0.3 is 4.57 Å². The molecule has 0 N–H and O–H groups in total. The second-order valence-corrected chi connectivity index (χ2v) is 12.3. The molecule has 5 heteroatoms. The highest BCUT2D eigenvalue weighted by atomic mass is 15.2. The largest absolute Gasteiger partial charge is 0.307 e. The highest BCUT2D eigenvalue weighted by Gasteiger charge is 2.28. The number of rotatable bonds is 4. The first kappa shape index (κ1) is 26.8. The number of aromatic nitrogens is 5. The molecule has 48 heavy (non-hydrogen) atoms. The molecule has 1 aliphatic carbocycles. The third-order valence-corrected chi connectivity index (χ3v) is 9.62. The van der Waals surface area contributed by atoms with Crippen LogP contribution in [0.4, 0.5) is 0 Å². The van der Waals surface area contributed by atoms with Gasteiger partial charge >= 0.3 is 0 Å². The minimum absolute atomic E-state index is 0.603. The monoisotopic (exact) mass is 615 g/mol. The molecule has 226 valence electrons. The second-order valence-electron chi connectivity index (χ2n) is 12.3. The molecule has 0 atom stereocenters. The second kappa shape index (κ2) is 10.6. The van der Waals surface area contributed by atoms with Crippen molar-refractivity contribution in [1.82, 2.24) is 24.1 Å². The van der Waals surface area contributed by atoms with Crippen molar-refractivity contribution in [3.63, 3.8) is 0 Å². The van der Waals surface area contributed by atoms with Gasteiger partial charge in [-0.05, 0) is 48.2 Å². The van der Waals surface area contributed by atoms with Gasteiger partial charge in [0.15, 0.2) is 11.6 Å². The van der Waals surface area contributed by atoms with Crippen LogP contribution in [0.3, 0.4) is 0 Å². The number of hydrogen-bond donors (Lipinski definition) is 0. The zero-order chi connectivity index (χ0) is 31.6. The fourth-order valence-corrected chi connectivity index (χ4v) is 7.61. The summed E-state index contributed by atoms with van der Waals surface area (Å²) in [5, 5.41) is 4.97. The lowest BCUT2D eigenvalue weighted by Crippen LogP contribution is -2.08. The fourth-order valence-electron chi connectivity index (χ4n) is 7.61. The average Bonchev–Trinajstić information content (AvgIpc) is 3.70. The van der Waals surface area contributed by atoms with Crippen LogP contribution in [0.1, 0.15) is 17.5 Å². The number of fused-ring (bicyclic) bond motifs is 10. The van der Waals surface area contributed by atoms with Crippen LogP contribution < -0.4 is 0 Å². The van der Waals surface area contributed by atoms with Gasteiger partial charge in [0.05, 0.1) is 22.1 Å². The summed E-state index contributed by atoms with van der Waals surface area (Å²) in [6.07, 6.45) is 6.65. The predicted molar refractivity (Wildman–Crippen MR) is 197 cm³/mol. The zero-order valence-corrected chi connectivity index (χ0v) is 26.1. The number of hydrogen-bond acceptors (Lipinski definition) is 3. The molecule has 3 aromatic heterocycles. The summed E-state index contributed by atoms with van der Waals surface area (Å²) in [6, 6.07) is 48.6. The van der Waals surface area contributed by atoms with Gasteiger partial charge in [-0.15, -0.1) is 0 Å². The van der Waals surface area contributed by atoms with Gasteiger partial charge in [0.1, 0.15) is 0 Å². The smallest absolute Gasteiger partial charge is 0.238 e. The molecule has 5 nitrogen and oxygen atoms in total. The molecule has 10 rings (SSSR count). The number of allylic oxidation sites excluding steroid dienone is 1. The summed E-state index contributed by atoms with van der Waals surface area (Å²) < 4.78 is 4.73. The molecule has 0 aliphatic heterocycles. The van der Waals surface area contributed by atoms with Crippen molar-refractivity contribution in [1.29, 1.82) is 0 Å². The summed E-state index contributed by atoms with van der Waals surface area (Å²) in [7, 11) is 0. The Labute approximate surface area is 277 Å². The van der Waals surface area contributed by atoms with E-state index in [4.69, 9.17) is 15.0 Å². The normalized spacial score (nSPS) is 12.8. The highest BCUT2D eigenvalue weighted by Crippen LogP contribution is 2.47. The summed E-state index contributed by atoms with van der Waals surface area (Å²) in [5.41, 5.74) is 10.2. The average molecular weight is 616 g/mol. The molecule has 0 unspecified atom stereocenters. The van der Waals surface area contributed by atoms with Crippen molar-refractivity contribution in [2.75, 3.05) is 0 Å². The van der Waals surface area contributed by atoms with E-state index in [-0.39, 0.29) is 0 Å². The summed E-state index contributed by atoms with van der Waals surface area (Å²) in [4.78, 5) is 15.6. The van der Waals surface area contributed by atoms with E-state index in [0.29, 0.717) is 17.6 Å². The summed E-state index contributed by atoms with van der Waals surface area (Å²) >= 11 is 0. The zero-order valence-electron chi connectivity index (χ0n) is 26.1. The molecule has 1 aliphatic rings. The molecule has 0 radical (unpaired) electrons. The maximum absolute atomic E-state index is 5.26. The van der Waals surface area contributed by atoms with E-state index in [1.165, 1.54) is 38.2 Å². The lowest BCUT2D eigenvalue weighted by atomic mass is 9.89. The molecule has 0 saturated heterocycles. The maximum atomic E-state index is 5.26. The quantitative estimate of drug-likeness (QED) is 0.198.